The van der Waals surface area contributed by atoms with Gasteiger partial charge in [0.25, 0.3) is 10.0 Å². The molecule has 0 amide bonds. The minimum absolute atomic E-state index is 0.0694. The van der Waals surface area contributed by atoms with E-state index in [-0.39, 0.29) is 16.4 Å². The highest BCUT2D eigenvalue weighted by atomic mass is 35.5. The first-order chi connectivity index (χ1) is 8.81. The minimum Gasteiger partial charge on any atom is -0.398 e. The number of nitrogens with two attached hydrogens (primary N) is 1. The lowest BCUT2D eigenvalue weighted by atomic mass is 10.3. The molecule has 0 aliphatic carbocycles. The lowest BCUT2D eigenvalue weighted by molar-refractivity contribution is 0.601. The fraction of sp³-hybridized carbons (Fsp3) is 0.182. The summed E-state index contributed by atoms with van der Waals surface area (Å²) in [5.74, 6) is 0.247. The Bertz CT molecular complexity index is 724. The fourth-order valence-electron chi connectivity index (χ4n) is 1.51. The molecule has 1 aromatic heterocycles. The van der Waals surface area contributed by atoms with Gasteiger partial charge in [0.15, 0.2) is 5.82 Å². The van der Waals surface area contributed by atoms with E-state index in [2.05, 4.69) is 14.9 Å². The number of rotatable bonds is 3. The Morgan fingerprint density at radius 3 is 2.63 bits per heavy atom. The van der Waals surface area contributed by atoms with E-state index in [1.807, 2.05) is 0 Å². The zero-order valence-electron chi connectivity index (χ0n) is 10.4. The molecule has 2 rings (SSSR count). The number of H-pyrrole nitrogens is 1. The number of benzene rings is 1. The summed E-state index contributed by atoms with van der Waals surface area (Å²) in [6, 6.07) is 4.27. The van der Waals surface area contributed by atoms with Crippen LogP contribution in [0.5, 0.6) is 0 Å². The van der Waals surface area contributed by atoms with Crippen LogP contribution in [-0.4, -0.2) is 18.6 Å². The summed E-state index contributed by atoms with van der Waals surface area (Å²) in [6.45, 7) is 3.56. The number of nitrogens with one attached hydrogen (secondary N) is 2. The number of halogens is 1. The highest BCUT2D eigenvalue weighted by Crippen LogP contribution is 2.25. The van der Waals surface area contributed by atoms with Crippen molar-refractivity contribution >= 4 is 33.1 Å². The monoisotopic (exact) mass is 300 g/mol. The number of nitrogen functional groups attached to an aromatic ring is 1. The summed E-state index contributed by atoms with van der Waals surface area (Å²) in [5.41, 5.74) is 7.31. The molecule has 1 heterocycles. The Balaban J connectivity index is 2.43. The van der Waals surface area contributed by atoms with Gasteiger partial charge >= 0.3 is 0 Å². The molecule has 102 valence electrons. The Hall–Kier alpha value is -1.73. The van der Waals surface area contributed by atoms with Gasteiger partial charge in [-0.1, -0.05) is 11.6 Å². The molecule has 8 heteroatoms. The predicted octanol–water partition coefficient (Wildman–Crippen LogP) is 2.06. The Labute approximate surface area is 116 Å². The molecule has 19 heavy (non-hydrogen) atoms. The minimum atomic E-state index is -3.82. The van der Waals surface area contributed by atoms with Crippen LogP contribution in [0.25, 0.3) is 0 Å². The van der Waals surface area contributed by atoms with E-state index in [1.54, 1.807) is 13.8 Å². The van der Waals surface area contributed by atoms with Crippen LogP contribution < -0.4 is 10.5 Å². The van der Waals surface area contributed by atoms with Crippen molar-refractivity contribution in [2.24, 2.45) is 0 Å². The Kier molecular flexibility index (Phi) is 3.42. The predicted molar refractivity (Wildman–Crippen MR) is 74.7 cm³/mol. The van der Waals surface area contributed by atoms with Crippen LogP contribution in [0.4, 0.5) is 11.5 Å². The third kappa shape index (κ3) is 2.66. The van der Waals surface area contributed by atoms with E-state index < -0.39 is 10.0 Å². The first-order valence-electron chi connectivity index (χ1n) is 5.40. The number of sulfonamides is 1. The average Bonchev–Trinajstić information content (AvgIpc) is 2.63. The van der Waals surface area contributed by atoms with Crippen LogP contribution in [0.15, 0.2) is 23.1 Å². The van der Waals surface area contributed by atoms with E-state index in [0.29, 0.717) is 5.02 Å². The van der Waals surface area contributed by atoms with Gasteiger partial charge in [0.2, 0.25) is 0 Å². The molecule has 0 unspecified atom stereocenters. The second-order valence-corrected chi connectivity index (χ2v) is 6.20. The summed E-state index contributed by atoms with van der Waals surface area (Å²) < 4.78 is 26.8. The van der Waals surface area contributed by atoms with Crippen molar-refractivity contribution in [3.05, 3.63) is 34.5 Å². The third-order valence-electron chi connectivity index (χ3n) is 2.75. The first kappa shape index (κ1) is 13.7. The third-order valence-corrected chi connectivity index (χ3v) is 4.38. The van der Waals surface area contributed by atoms with Crippen molar-refractivity contribution in [1.29, 1.82) is 0 Å². The van der Waals surface area contributed by atoms with Crippen LogP contribution in [-0.2, 0) is 10.0 Å². The number of anilines is 2. The van der Waals surface area contributed by atoms with Gasteiger partial charge in [-0.3, -0.25) is 9.82 Å². The standard InChI is InChI=1S/C11H13ClN4O2S/c1-6-7(2)14-15-11(6)16-19(17,18)10-5-8(12)3-4-9(10)13/h3-5H,13H2,1-2H3,(H2,14,15,16). The molecule has 1 aromatic carbocycles. The maximum Gasteiger partial charge on any atom is 0.265 e. The highest BCUT2D eigenvalue weighted by Gasteiger charge is 2.20. The number of aromatic nitrogens is 2. The molecule has 0 atom stereocenters. The van der Waals surface area contributed by atoms with E-state index in [9.17, 15) is 8.42 Å². The van der Waals surface area contributed by atoms with Crippen molar-refractivity contribution in [1.82, 2.24) is 10.2 Å². The van der Waals surface area contributed by atoms with Gasteiger partial charge in [0.1, 0.15) is 4.90 Å². The Morgan fingerprint density at radius 2 is 2.05 bits per heavy atom. The molecular weight excluding hydrogens is 288 g/mol. The van der Waals surface area contributed by atoms with Crippen LogP contribution in [0, 0.1) is 13.8 Å². The van der Waals surface area contributed by atoms with Gasteiger partial charge in [0, 0.05) is 16.3 Å². The molecule has 0 saturated heterocycles. The van der Waals surface area contributed by atoms with Gasteiger partial charge in [-0.2, -0.15) is 5.10 Å². The number of hydrogen-bond acceptors (Lipinski definition) is 4. The van der Waals surface area contributed by atoms with Gasteiger partial charge < -0.3 is 5.73 Å². The lowest BCUT2D eigenvalue weighted by Crippen LogP contribution is -2.15. The molecule has 0 spiro atoms. The largest absolute Gasteiger partial charge is 0.398 e. The SMILES string of the molecule is Cc1[nH]nc(NS(=O)(=O)c2cc(Cl)ccc2N)c1C. The number of aromatic amines is 1. The fourth-order valence-corrected chi connectivity index (χ4v) is 2.97. The summed E-state index contributed by atoms with van der Waals surface area (Å²) in [6.07, 6.45) is 0. The quantitative estimate of drug-likeness (QED) is 0.755. The molecule has 6 nitrogen and oxygen atoms in total. The zero-order valence-corrected chi connectivity index (χ0v) is 11.9. The second-order valence-electron chi connectivity index (χ2n) is 4.11. The maximum atomic E-state index is 12.2. The number of nitrogens with zero attached hydrogens (tertiary/aromatic N) is 1. The summed E-state index contributed by atoms with van der Waals surface area (Å²) in [5, 5.41) is 6.89. The van der Waals surface area contributed by atoms with E-state index in [0.717, 1.165) is 11.3 Å². The average molecular weight is 301 g/mol. The molecule has 0 aliphatic heterocycles. The molecule has 2 aromatic rings. The van der Waals surface area contributed by atoms with Crippen LogP contribution in [0.2, 0.25) is 5.02 Å². The van der Waals surface area contributed by atoms with Gasteiger partial charge in [-0.05, 0) is 32.0 Å². The van der Waals surface area contributed by atoms with Gasteiger partial charge in [-0.15, -0.1) is 0 Å². The smallest absolute Gasteiger partial charge is 0.265 e. The summed E-state index contributed by atoms with van der Waals surface area (Å²) in [4.78, 5) is -0.0694. The summed E-state index contributed by atoms with van der Waals surface area (Å²) in [7, 11) is -3.82. The molecular formula is C11H13ClN4O2S. The zero-order chi connectivity index (χ0) is 14.2. The normalized spacial score (nSPS) is 11.5. The second kappa shape index (κ2) is 4.75. The van der Waals surface area contributed by atoms with E-state index in [4.69, 9.17) is 17.3 Å². The van der Waals surface area contributed by atoms with E-state index in [1.165, 1.54) is 18.2 Å². The van der Waals surface area contributed by atoms with Crippen LogP contribution in [0.3, 0.4) is 0 Å². The lowest BCUT2D eigenvalue weighted by Gasteiger charge is -2.09. The Morgan fingerprint density at radius 1 is 1.37 bits per heavy atom. The molecule has 0 fully saturated rings. The summed E-state index contributed by atoms with van der Waals surface area (Å²) >= 11 is 5.79. The molecule has 0 radical (unpaired) electrons. The van der Waals surface area contributed by atoms with E-state index >= 15 is 0 Å². The highest BCUT2D eigenvalue weighted by molar-refractivity contribution is 7.92. The van der Waals surface area contributed by atoms with Crippen molar-refractivity contribution in [2.45, 2.75) is 18.7 Å². The van der Waals surface area contributed by atoms with Gasteiger partial charge in [0.05, 0.1) is 5.69 Å². The van der Waals surface area contributed by atoms with Crippen molar-refractivity contribution in [2.75, 3.05) is 10.5 Å². The number of hydrogen-bond donors (Lipinski definition) is 3. The maximum absolute atomic E-state index is 12.2. The van der Waals surface area contributed by atoms with Crippen molar-refractivity contribution in [3.8, 4) is 0 Å². The van der Waals surface area contributed by atoms with Gasteiger partial charge in [-0.25, -0.2) is 8.42 Å². The van der Waals surface area contributed by atoms with Crippen LogP contribution >= 0.6 is 11.6 Å². The topological polar surface area (TPSA) is 101 Å². The molecule has 0 aliphatic rings. The number of aryl methyl sites for hydroxylation is 1. The molecule has 4 N–H and O–H groups in total. The molecule has 0 saturated carbocycles. The van der Waals surface area contributed by atoms with Crippen molar-refractivity contribution in [3.63, 3.8) is 0 Å². The first-order valence-corrected chi connectivity index (χ1v) is 7.27. The van der Waals surface area contributed by atoms with Crippen LogP contribution in [0.1, 0.15) is 11.3 Å². The molecule has 0 bridgehead atoms. The van der Waals surface area contributed by atoms with Crippen molar-refractivity contribution < 1.29 is 8.42 Å².